The third-order valence-corrected chi connectivity index (χ3v) is 9.56. The average molecular weight is 1360 g/mol. The normalized spacial score (nSPS) is 9.56. The summed E-state index contributed by atoms with van der Waals surface area (Å²) in [4.78, 5) is 37.1. The van der Waals surface area contributed by atoms with E-state index < -0.39 is 40.7 Å². The van der Waals surface area contributed by atoms with Gasteiger partial charge in [0.25, 0.3) is 6.47 Å². The summed E-state index contributed by atoms with van der Waals surface area (Å²) in [7, 11) is 0.176. The van der Waals surface area contributed by atoms with Crippen LogP contribution in [0.2, 0.25) is 5.28 Å². The van der Waals surface area contributed by atoms with Gasteiger partial charge in [-0.25, -0.2) is 41.9 Å². The molecule has 0 unspecified atom stereocenters. The second-order valence-corrected chi connectivity index (χ2v) is 14.5. The Morgan fingerprint density at radius 1 is 0.521 bits per heavy atom. The fourth-order valence-corrected chi connectivity index (χ4v) is 5.96. The van der Waals surface area contributed by atoms with Gasteiger partial charge in [0.2, 0.25) is 11.1 Å². The van der Waals surface area contributed by atoms with Gasteiger partial charge in [0, 0.05) is 53.4 Å². The minimum Gasteiger partial charge on any atom is -1.00 e. The number of aromatic nitrogens is 6. The number of halogens is 8. The van der Waals surface area contributed by atoms with Crippen LogP contribution in [0, 0.1) is 66.0 Å². The number of phenols is 1. The Balaban J connectivity index is 0.000000510. The second kappa shape index (κ2) is 34.8. The minimum absolute atomic E-state index is 0. The summed E-state index contributed by atoms with van der Waals surface area (Å²) in [6.45, 7) is -0.181. The van der Waals surface area contributed by atoms with E-state index >= 15 is 0 Å². The standard InChI is InChI=1S/C21H12F3N3.C15H10ClN3.C6H3BF3O2.C6H5BrO.CH2O3.2K.U.H/c22-16-12-11-15(17(23)18(16)24)21-26-19(13-7-3-1-4-8-13)25-20(27-21)14-9-5-2-6-10-14;16-15-18-13(11-7-3-1-4-8-11)17-14(19-15)12-9-5-2-6-10-12;8-3-1-2-4(12-7-11)6(10)5(3)9;7-5-3-1-2-4-6(5)8;2-1-4-3;;;;/h1-12H;1-10H;1-2,11H;1-4,8H;1,3H;;;;/q;;;;;2*+1;;-1/p-1. The molecule has 9 aromatic rings. The Kier molecular flexibility index (Phi) is 31.2. The molecule has 73 heavy (non-hydrogen) atoms. The van der Waals surface area contributed by atoms with Gasteiger partial charge in [-0.1, -0.05) is 133 Å². The summed E-state index contributed by atoms with van der Waals surface area (Å²) in [5, 5.41) is 25.6. The van der Waals surface area contributed by atoms with Crippen molar-refractivity contribution in [3.63, 3.8) is 0 Å². The SMILES string of the molecule is Clc1nc(-c2ccccc2)nc(-c2ccccc2)n1.Fc1ccc(-c2nc(-c3ccccc3)nc(-c3ccccc3)n2)c(F)c1F.O=CO[O-].O[B]Oc1ccc(F)c(F)c1F.Oc1ccccc1Br.[H-].[K+].[K+].[U]. The maximum Gasteiger partial charge on any atom is 1.00 e. The number of benzene rings is 7. The Morgan fingerprint density at radius 3 is 1.22 bits per heavy atom. The molecule has 1 radical (unpaired) electrons. The van der Waals surface area contributed by atoms with Crippen molar-refractivity contribution in [2.75, 3.05) is 0 Å². The van der Waals surface area contributed by atoms with E-state index in [9.17, 15) is 26.3 Å². The number of carbonyl (C=O) groups excluding carboxylic acids is 1. The van der Waals surface area contributed by atoms with Crippen molar-refractivity contribution in [1.29, 1.82) is 0 Å². The molecular formula is C49H32BBrClF6K2N6O6U. The maximum atomic E-state index is 14.3. The first-order chi connectivity index (χ1) is 33.8. The number of para-hydroxylation sites is 1. The summed E-state index contributed by atoms with van der Waals surface area (Å²) in [6, 6.07) is 48.2. The molecule has 359 valence electrons. The first-order valence-electron chi connectivity index (χ1n) is 19.8. The van der Waals surface area contributed by atoms with Crippen LogP contribution in [0.3, 0.4) is 0 Å². The van der Waals surface area contributed by atoms with Crippen LogP contribution in [-0.2, 0) is 9.68 Å². The van der Waals surface area contributed by atoms with E-state index in [1.54, 1.807) is 42.5 Å². The van der Waals surface area contributed by atoms with Gasteiger partial charge in [0.05, 0.1) is 10.0 Å². The van der Waals surface area contributed by atoms with Crippen LogP contribution in [-0.4, -0.2) is 54.2 Å². The van der Waals surface area contributed by atoms with Crippen LogP contribution in [0.25, 0.3) is 56.9 Å². The van der Waals surface area contributed by atoms with Crippen molar-refractivity contribution in [3.05, 3.63) is 215 Å². The monoisotopic (exact) mass is 1360 g/mol. The number of hydrogen-bond acceptors (Lipinski definition) is 12. The molecule has 12 nitrogen and oxygen atoms in total. The van der Waals surface area contributed by atoms with Crippen LogP contribution in [0.15, 0.2) is 174 Å². The predicted molar refractivity (Wildman–Crippen MR) is 251 cm³/mol. The molecule has 0 atom stereocenters. The van der Waals surface area contributed by atoms with Gasteiger partial charge in [0.1, 0.15) is 11.5 Å². The van der Waals surface area contributed by atoms with Crippen molar-refractivity contribution >= 4 is 41.7 Å². The topological polar surface area (TPSA) is 176 Å². The van der Waals surface area contributed by atoms with Gasteiger partial charge in [-0.05, 0) is 63.9 Å². The molecule has 2 aromatic heterocycles. The summed E-state index contributed by atoms with van der Waals surface area (Å²) < 4.78 is 83.4. The fraction of sp³-hybridized carbons (Fsp3) is 0. The zero-order valence-electron chi connectivity index (χ0n) is 39.1. The van der Waals surface area contributed by atoms with E-state index in [0.29, 0.717) is 40.5 Å². The number of aromatic hydroxyl groups is 1. The number of hydrogen-bond donors (Lipinski definition) is 2. The quantitative estimate of drug-likeness (QED) is 0.0529. The van der Waals surface area contributed by atoms with Crippen LogP contribution >= 0.6 is 27.5 Å². The van der Waals surface area contributed by atoms with E-state index in [2.05, 4.69) is 55.4 Å². The third-order valence-electron chi connectivity index (χ3n) is 8.72. The summed E-state index contributed by atoms with van der Waals surface area (Å²) >= 11 is 9.13. The van der Waals surface area contributed by atoms with Crippen molar-refractivity contribution in [2.24, 2.45) is 0 Å². The largest absolute Gasteiger partial charge is 1.00 e. The Bertz CT molecular complexity index is 2990. The molecule has 0 bridgehead atoms. The molecule has 9 rings (SSSR count). The van der Waals surface area contributed by atoms with Crippen molar-refractivity contribution in [1.82, 2.24) is 29.9 Å². The Morgan fingerprint density at radius 2 is 0.863 bits per heavy atom. The number of phenolic OH excluding ortho intramolecular Hbond substituents is 1. The maximum absolute atomic E-state index is 14.3. The molecule has 2 N–H and O–H groups in total. The van der Waals surface area contributed by atoms with E-state index in [1.807, 2.05) is 103 Å². The minimum atomic E-state index is -1.63. The smallest absolute Gasteiger partial charge is 1.00 e. The van der Waals surface area contributed by atoms with Crippen molar-refractivity contribution in [3.8, 4) is 68.4 Å². The predicted octanol–water partition coefficient (Wildman–Crippen LogP) is 4.87. The zero-order valence-corrected chi connectivity index (χ0v) is 50.8. The van der Waals surface area contributed by atoms with Crippen molar-refractivity contribution < 1.29 is 191 Å². The average Bonchev–Trinajstić information content (AvgIpc) is 3.40. The molecule has 0 aliphatic rings. The van der Waals surface area contributed by atoms with Crippen LogP contribution in [0.5, 0.6) is 11.5 Å². The van der Waals surface area contributed by atoms with Gasteiger partial charge in [0.15, 0.2) is 58.2 Å². The molecule has 7 aromatic carbocycles. The van der Waals surface area contributed by atoms with E-state index in [4.69, 9.17) is 31.8 Å². The Labute approximate surface area is 538 Å². The molecule has 0 spiro atoms. The van der Waals surface area contributed by atoms with Crippen molar-refractivity contribution in [2.45, 2.75) is 0 Å². The van der Waals surface area contributed by atoms with Crippen LogP contribution < -0.4 is 113 Å². The third kappa shape index (κ3) is 20.4. The fourth-order valence-electron chi connectivity index (χ4n) is 5.52. The van der Waals surface area contributed by atoms with Gasteiger partial charge >= 0.3 is 110 Å². The van der Waals surface area contributed by atoms with Gasteiger partial charge in [-0.15, -0.1) is 0 Å². The molecule has 2 heterocycles. The van der Waals surface area contributed by atoms with Crippen LogP contribution in [0.1, 0.15) is 1.43 Å². The summed E-state index contributed by atoms with van der Waals surface area (Å²) in [5.74, 6) is -7.15. The van der Waals surface area contributed by atoms with E-state index in [-0.39, 0.29) is 172 Å². The van der Waals surface area contributed by atoms with Gasteiger partial charge in [-0.2, -0.15) is 14.4 Å². The van der Waals surface area contributed by atoms with Gasteiger partial charge in [-0.3, -0.25) is 4.79 Å². The van der Waals surface area contributed by atoms with Crippen LogP contribution in [0.4, 0.5) is 26.3 Å². The molecular weight excluding hydrogens is 1320 g/mol. The van der Waals surface area contributed by atoms with E-state index in [1.165, 1.54) is 0 Å². The summed E-state index contributed by atoms with van der Waals surface area (Å²) in [5.41, 5.74) is 3.00. The molecule has 0 fully saturated rings. The molecule has 0 saturated heterocycles. The number of nitrogens with zero attached hydrogens (tertiary/aromatic N) is 6. The number of carbonyl (C=O) groups is 1. The molecule has 24 heteroatoms. The second-order valence-electron chi connectivity index (χ2n) is 13.3. The van der Waals surface area contributed by atoms with E-state index in [0.717, 1.165) is 33.8 Å². The summed E-state index contributed by atoms with van der Waals surface area (Å²) in [6.07, 6.45) is 0. The Hall–Kier alpha value is -3.71. The zero-order chi connectivity index (χ0) is 50.4. The first kappa shape index (κ1) is 65.4. The van der Waals surface area contributed by atoms with Gasteiger partial charge < -0.3 is 26.4 Å². The first-order valence-corrected chi connectivity index (χ1v) is 21.0. The molecule has 0 saturated carbocycles. The number of rotatable bonds is 8. The molecule has 0 aliphatic heterocycles. The molecule has 0 amide bonds. The molecule has 0 aliphatic carbocycles.